The van der Waals surface area contributed by atoms with Gasteiger partial charge in [-0.1, -0.05) is 59.6 Å². The Hall–Kier alpha value is -3.65. The SMILES string of the molecule is Cc1ccc(CN(C(=O)OC(C)(C)C)[C@H]2CCCC(Nc3ncc(Cl)c(-c4n[nH]c5ccccc45)n3)C2)cc1. The Bertz CT molecular complexity index is 1450. The van der Waals surface area contributed by atoms with E-state index >= 15 is 0 Å². The monoisotopic (exact) mass is 546 g/mol. The molecule has 0 saturated heterocycles. The topological polar surface area (TPSA) is 96.0 Å². The van der Waals surface area contributed by atoms with Gasteiger partial charge < -0.3 is 15.0 Å². The summed E-state index contributed by atoms with van der Waals surface area (Å²) in [4.78, 5) is 24.4. The third-order valence-corrected chi connectivity index (χ3v) is 7.24. The summed E-state index contributed by atoms with van der Waals surface area (Å²) < 4.78 is 5.83. The minimum atomic E-state index is -0.571. The number of anilines is 1. The van der Waals surface area contributed by atoms with Gasteiger partial charge in [0.25, 0.3) is 0 Å². The fourth-order valence-electron chi connectivity index (χ4n) is 5.06. The van der Waals surface area contributed by atoms with Gasteiger partial charge in [-0.2, -0.15) is 5.10 Å². The predicted molar refractivity (Wildman–Crippen MR) is 155 cm³/mol. The summed E-state index contributed by atoms with van der Waals surface area (Å²) in [6.45, 7) is 8.26. The quantitative estimate of drug-likeness (QED) is 0.267. The molecule has 2 aromatic heterocycles. The number of fused-ring (bicyclic) bond motifs is 1. The van der Waals surface area contributed by atoms with E-state index in [1.54, 1.807) is 6.20 Å². The number of aryl methyl sites for hydroxylation is 1. The normalized spacial score (nSPS) is 17.7. The van der Waals surface area contributed by atoms with Crippen molar-refractivity contribution in [3.63, 3.8) is 0 Å². The van der Waals surface area contributed by atoms with Gasteiger partial charge in [0.1, 0.15) is 17.0 Å². The van der Waals surface area contributed by atoms with Crippen molar-refractivity contribution < 1.29 is 9.53 Å². The number of rotatable bonds is 6. The van der Waals surface area contributed by atoms with Gasteiger partial charge in [-0.15, -0.1) is 0 Å². The van der Waals surface area contributed by atoms with E-state index in [0.29, 0.717) is 28.9 Å². The number of ether oxygens (including phenoxy) is 1. The predicted octanol–water partition coefficient (Wildman–Crippen LogP) is 7.14. The molecular weight excluding hydrogens is 512 g/mol. The Balaban J connectivity index is 1.35. The van der Waals surface area contributed by atoms with Crippen molar-refractivity contribution in [3.05, 3.63) is 70.9 Å². The summed E-state index contributed by atoms with van der Waals surface area (Å²) in [6, 6.07) is 16.3. The number of hydrogen-bond acceptors (Lipinski definition) is 6. The van der Waals surface area contributed by atoms with Gasteiger partial charge >= 0.3 is 6.09 Å². The first kappa shape index (κ1) is 26.9. The van der Waals surface area contributed by atoms with E-state index in [1.807, 2.05) is 49.9 Å². The molecule has 1 aliphatic carbocycles. The van der Waals surface area contributed by atoms with E-state index in [1.165, 1.54) is 5.56 Å². The Morgan fingerprint density at radius 2 is 1.90 bits per heavy atom. The van der Waals surface area contributed by atoms with E-state index in [0.717, 1.165) is 42.1 Å². The highest BCUT2D eigenvalue weighted by molar-refractivity contribution is 6.33. The number of nitrogens with one attached hydrogen (secondary N) is 2. The first-order chi connectivity index (χ1) is 18.7. The van der Waals surface area contributed by atoms with Crippen molar-refractivity contribution in [2.75, 3.05) is 5.32 Å². The Kier molecular flexibility index (Phi) is 7.75. The molecule has 0 aliphatic heterocycles. The third kappa shape index (κ3) is 6.50. The number of aromatic amines is 1. The molecule has 9 heteroatoms. The number of benzene rings is 2. The Morgan fingerprint density at radius 3 is 2.67 bits per heavy atom. The van der Waals surface area contributed by atoms with Crippen LogP contribution in [-0.4, -0.2) is 48.8 Å². The van der Waals surface area contributed by atoms with Gasteiger partial charge in [0.2, 0.25) is 5.95 Å². The molecule has 1 amide bonds. The number of halogens is 1. The fraction of sp³-hybridized carbons (Fsp3) is 0.400. The number of H-pyrrole nitrogens is 1. The zero-order chi connectivity index (χ0) is 27.6. The van der Waals surface area contributed by atoms with Gasteiger partial charge in [-0.3, -0.25) is 5.10 Å². The number of para-hydroxylation sites is 1. The molecule has 0 bridgehead atoms. The lowest BCUT2D eigenvalue weighted by atomic mass is 9.89. The number of hydrogen-bond donors (Lipinski definition) is 2. The highest BCUT2D eigenvalue weighted by Crippen LogP contribution is 2.32. The molecule has 1 unspecified atom stereocenters. The number of carbonyl (C=O) groups excluding carboxylic acids is 1. The zero-order valence-electron chi connectivity index (χ0n) is 22.9. The van der Waals surface area contributed by atoms with Crippen LogP contribution in [0.2, 0.25) is 5.02 Å². The van der Waals surface area contributed by atoms with Gasteiger partial charge in [0.05, 0.1) is 16.7 Å². The minimum Gasteiger partial charge on any atom is -0.444 e. The standard InChI is InChI=1S/C30H35ClN6O2/c1-19-12-14-20(15-13-19)18-37(29(38)39-30(2,3)4)22-9-7-8-21(16-22)33-28-32-17-24(31)27(34-28)26-23-10-5-6-11-25(23)35-36-26/h5-6,10-15,17,21-22H,7-9,16,18H2,1-4H3,(H,35,36)(H,32,33,34)/t21?,22-/m0/s1. The van der Waals surface area contributed by atoms with Crippen LogP contribution in [0, 0.1) is 6.92 Å². The summed E-state index contributed by atoms with van der Waals surface area (Å²) in [5.41, 5.74) is 3.89. The highest BCUT2D eigenvalue weighted by Gasteiger charge is 2.33. The van der Waals surface area contributed by atoms with Crippen LogP contribution in [0.4, 0.5) is 10.7 Å². The van der Waals surface area contributed by atoms with Crippen molar-refractivity contribution in [2.45, 2.75) is 77.6 Å². The second kappa shape index (κ2) is 11.2. The molecule has 0 spiro atoms. The van der Waals surface area contributed by atoms with Gasteiger partial charge in [0.15, 0.2) is 0 Å². The molecule has 1 fully saturated rings. The average molecular weight is 547 g/mol. The third-order valence-electron chi connectivity index (χ3n) is 6.96. The summed E-state index contributed by atoms with van der Waals surface area (Å²) in [5, 5.41) is 12.4. The van der Waals surface area contributed by atoms with Gasteiger partial charge in [0, 0.05) is 24.0 Å². The second-order valence-corrected chi connectivity index (χ2v) is 11.7. The van der Waals surface area contributed by atoms with Crippen molar-refractivity contribution in [2.24, 2.45) is 0 Å². The molecule has 1 aliphatic rings. The Morgan fingerprint density at radius 1 is 1.13 bits per heavy atom. The van der Waals surface area contributed by atoms with E-state index in [-0.39, 0.29) is 18.2 Å². The van der Waals surface area contributed by atoms with Gasteiger partial charge in [-0.05, 0) is 65.0 Å². The average Bonchev–Trinajstić information content (AvgIpc) is 3.32. The number of carbonyl (C=O) groups is 1. The summed E-state index contributed by atoms with van der Waals surface area (Å²) >= 11 is 6.51. The maximum absolute atomic E-state index is 13.3. The van der Waals surface area contributed by atoms with Crippen LogP contribution in [0.1, 0.15) is 57.6 Å². The van der Waals surface area contributed by atoms with Crippen molar-refractivity contribution in [3.8, 4) is 11.4 Å². The van der Waals surface area contributed by atoms with E-state index in [9.17, 15) is 4.79 Å². The maximum atomic E-state index is 13.3. The van der Waals surface area contributed by atoms with Crippen molar-refractivity contribution in [1.29, 1.82) is 0 Å². The van der Waals surface area contributed by atoms with Crippen LogP contribution < -0.4 is 5.32 Å². The highest BCUT2D eigenvalue weighted by atomic mass is 35.5. The van der Waals surface area contributed by atoms with Crippen LogP contribution in [0.5, 0.6) is 0 Å². The Labute approximate surface area is 234 Å². The number of aromatic nitrogens is 4. The molecule has 0 radical (unpaired) electrons. The number of amides is 1. The largest absolute Gasteiger partial charge is 0.444 e. The molecule has 1 saturated carbocycles. The lowest BCUT2D eigenvalue weighted by Crippen LogP contribution is -2.46. The van der Waals surface area contributed by atoms with Crippen LogP contribution >= 0.6 is 11.6 Å². The van der Waals surface area contributed by atoms with E-state index in [4.69, 9.17) is 21.3 Å². The molecule has 2 aromatic carbocycles. The molecule has 2 N–H and O–H groups in total. The molecule has 39 heavy (non-hydrogen) atoms. The van der Waals surface area contributed by atoms with Crippen molar-refractivity contribution in [1.82, 2.24) is 25.1 Å². The lowest BCUT2D eigenvalue weighted by Gasteiger charge is -2.38. The first-order valence-corrected chi connectivity index (χ1v) is 13.8. The molecule has 5 rings (SSSR count). The summed E-state index contributed by atoms with van der Waals surface area (Å²) in [7, 11) is 0. The smallest absolute Gasteiger partial charge is 0.410 e. The van der Waals surface area contributed by atoms with Crippen LogP contribution in [0.15, 0.2) is 54.7 Å². The maximum Gasteiger partial charge on any atom is 0.410 e. The minimum absolute atomic E-state index is 0.0226. The molecule has 2 heterocycles. The molecular formula is C30H35ClN6O2. The fourth-order valence-corrected chi connectivity index (χ4v) is 5.24. The van der Waals surface area contributed by atoms with E-state index < -0.39 is 5.60 Å². The molecule has 204 valence electrons. The second-order valence-electron chi connectivity index (χ2n) is 11.3. The van der Waals surface area contributed by atoms with Crippen LogP contribution in [0.25, 0.3) is 22.3 Å². The molecule has 8 nitrogen and oxygen atoms in total. The summed E-state index contributed by atoms with van der Waals surface area (Å²) in [6.07, 6.45) is 4.92. The zero-order valence-corrected chi connectivity index (χ0v) is 23.6. The molecule has 4 aromatic rings. The summed E-state index contributed by atoms with van der Waals surface area (Å²) in [5.74, 6) is 0.495. The van der Waals surface area contributed by atoms with Crippen LogP contribution in [-0.2, 0) is 11.3 Å². The van der Waals surface area contributed by atoms with Gasteiger partial charge in [-0.25, -0.2) is 14.8 Å². The number of nitrogens with zero attached hydrogens (tertiary/aromatic N) is 4. The van der Waals surface area contributed by atoms with E-state index in [2.05, 4.69) is 51.7 Å². The molecule has 2 atom stereocenters. The van der Waals surface area contributed by atoms with Crippen molar-refractivity contribution >= 4 is 34.5 Å². The first-order valence-electron chi connectivity index (χ1n) is 13.4. The lowest BCUT2D eigenvalue weighted by molar-refractivity contribution is 0.00938. The van der Waals surface area contributed by atoms with Crippen LogP contribution in [0.3, 0.4) is 0 Å².